The highest BCUT2D eigenvalue weighted by Crippen LogP contribution is 2.42. The minimum atomic E-state index is -2.71. The molecule has 1 aliphatic rings. The number of hydrogen-bond donors (Lipinski definition) is 1. The normalized spacial score (nSPS) is 14.0. The number of nitrogens with zero attached hydrogens (tertiary/aromatic N) is 2. The van der Waals surface area contributed by atoms with Gasteiger partial charge in [0.2, 0.25) is 11.5 Å². The highest BCUT2D eigenvalue weighted by atomic mass is 79.9. The van der Waals surface area contributed by atoms with E-state index in [1.54, 1.807) is 12.1 Å². The molecule has 3 rings (SSSR count). The molecule has 11 heteroatoms. The van der Waals surface area contributed by atoms with E-state index in [0.29, 0.717) is 4.47 Å². The summed E-state index contributed by atoms with van der Waals surface area (Å²) in [6, 6.07) is 7.63. The van der Waals surface area contributed by atoms with Gasteiger partial charge in [-0.25, -0.2) is 5.26 Å². The quantitative estimate of drug-likeness (QED) is 0.259. The second-order valence-corrected chi connectivity index (χ2v) is 7.40. The molecule has 25 heavy (non-hydrogen) atoms. The van der Waals surface area contributed by atoms with Gasteiger partial charge in [0, 0.05) is 15.6 Å². The van der Waals surface area contributed by atoms with E-state index in [-0.39, 0.29) is 36.5 Å². The summed E-state index contributed by atoms with van der Waals surface area (Å²) in [6.45, 7) is 0. The number of halogens is 2. The Morgan fingerprint density at radius 3 is 2.16 bits per heavy atom. The Kier molecular flexibility index (Phi) is 5.04. The van der Waals surface area contributed by atoms with Gasteiger partial charge in [0.15, 0.2) is 5.78 Å². The molecule has 0 aliphatic heterocycles. The summed E-state index contributed by atoms with van der Waals surface area (Å²) in [5, 5.41) is 11.5. The van der Waals surface area contributed by atoms with Crippen molar-refractivity contribution in [3.05, 3.63) is 67.1 Å². The molecule has 8 nitrogen and oxygen atoms in total. The molecule has 1 atom stereocenters. The first-order chi connectivity index (χ1) is 11.9. The van der Waals surface area contributed by atoms with Crippen LogP contribution in [0.15, 0.2) is 39.3 Å². The molecule has 0 amide bonds. The first-order valence-electron chi connectivity index (χ1n) is 6.48. The Morgan fingerprint density at radius 1 is 1.04 bits per heavy atom. The molecule has 0 bridgehead atoms. The van der Waals surface area contributed by atoms with Crippen molar-refractivity contribution >= 4 is 60.4 Å². The van der Waals surface area contributed by atoms with Crippen molar-refractivity contribution < 1.29 is 32.5 Å². The number of rotatable bonds is 4. The minimum absolute atomic E-state index is 0.00265. The highest BCUT2D eigenvalue weighted by molar-refractivity contribution is 9.11. The summed E-state index contributed by atoms with van der Waals surface area (Å²) in [6.07, 6.45) is 0. The fraction of sp³-hybridized carbons (Fsp3) is 0. The van der Waals surface area contributed by atoms with Gasteiger partial charge in [0.1, 0.15) is 5.56 Å². The lowest BCUT2D eigenvalue weighted by molar-refractivity contribution is -0.455. The molecular formula is C14H6Br2N2O6S. The lowest BCUT2D eigenvalue weighted by Gasteiger charge is -2.20. The lowest BCUT2D eigenvalue weighted by atomic mass is 9.83. The summed E-state index contributed by atoms with van der Waals surface area (Å²) in [4.78, 5) is 25.7. The van der Waals surface area contributed by atoms with Crippen LogP contribution in [0.5, 0.6) is 0 Å². The molecule has 1 unspecified atom stereocenters. The molecule has 0 aromatic heterocycles. The van der Waals surface area contributed by atoms with Crippen molar-refractivity contribution in [3.8, 4) is 0 Å². The third-order valence-electron chi connectivity index (χ3n) is 3.50. The maximum absolute atomic E-state index is 12.9. The van der Waals surface area contributed by atoms with E-state index in [1.807, 2.05) is 0 Å². The third kappa shape index (κ3) is 2.92. The molecule has 1 aliphatic carbocycles. The van der Waals surface area contributed by atoms with Crippen molar-refractivity contribution in [2.75, 3.05) is 0 Å². The Morgan fingerprint density at radius 2 is 1.60 bits per heavy atom. The standard InChI is InChI=1S/C14H6Br2N2O6S/c15-8-5-9(16)12(18(17)25(22)24-23-21)11-10(8)13(19)6-3-1-2-4-7(6)14(11)20/h1-5,21H. The van der Waals surface area contributed by atoms with Crippen molar-refractivity contribution in [2.45, 2.75) is 0 Å². The average Bonchev–Trinajstić information content (AvgIpc) is 2.59. The molecule has 1 N–H and O–H groups in total. The fourth-order valence-electron chi connectivity index (χ4n) is 2.52. The van der Waals surface area contributed by atoms with Crippen molar-refractivity contribution in [3.63, 3.8) is 0 Å². The van der Waals surface area contributed by atoms with E-state index in [0.717, 1.165) is 0 Å². The van der Waals surface area contributed by atoms with Crippen LogP contribution >= 0.6 is 31.9 Å². The second kappa shape index (κ2) is 6.94. The van der Waals surface area contributed by atoms with Crippen LogP contribution < -0.4 is 0 Å². The Hall–Kier alpha value is -1.63. The van der Waals surface area contributed by atoms with E-state index in [2.05, 4.69) is 41.2 Å². The van der Waals surface area contributed by atoms with E-state index < -0.39 is 22.8 Å². The Labute approximate surface area is 159 Å². The second-order valence-electron chi connectivity index (χ2n) is 4.78. The zero-order valence-corrected chi connectivity index (χ0v) is 15.9. The van der Waals surface area contributed by atoms with Gasteiger partial charge in [-0.05, 0) is 42.3 Å². The van der Waals surface area contributed by atoms with Gasteiger partial charge in [-0.15, -0.1) is 0 Å². The molecule has 0 saturated heterocycles. The fourth-order valence-corrected chi connectivity index (χ4v) is 4.59. The topological polar surface area (TPSA) is 115 Å². The van der Waals surface area contributed by atoms with E-state index in [9.17, 15) is 19.3 Å². The molecular weight excluding hydrogens is 484 g/mol. The monoisotopic (exact) mass is 488 g/mol. The van der Waals surface area contributed by atoms with Crippen LogP contribution in [-0.4, -0.2) is 25.1 Å². The molecule has 2 aromatic rings. The largest absolute Gasteiger partial charge is 0.480 e. The predicted octanol–water partition coefficient (Wildman–Crippen LogP) is 3.65. The van der Waals surface area contributed by atoms with Crippen molar-refractivity contribution in [1.82, 2.24) is 0 Å². The Balaban J connectivity index is 2.31. The van der Waals surface area contributed by atoms with Crippen LogP contribution in [0.3, 0.4) is 0 Å². The van der Waals surface area contributed by atoms with Gasteiger partial charge >= 0.3 is 11.3 Å². The van der Waals surface area contributed by atoms with E-state index in [1.165, 1.54) is 18.2 Å². The van der Waals surface area contributed by atoms with Crippen molar-refractivity contribution in [2.24, 2.45) is 0 Å². The molecule has 0 saturated carbocycles. The van der Waals surface area contributed by atoms with Crippen LogP contribution in [0.2, 0.25) is 0 Å². The van der Waals surface area contributed by atoms with Crippen LogP contribution in [-0.2, 0) is 20.6 Å². The minimum Gasteiger partial charge on any atom is -0.480 e. The molecule has 0 fully saturated rings. The SMILES string of the molecule is [N-]=[N+](c1c(Br)cc(Br)c2c1C(=O)c1ccccc1C2=O)S(=O)OOO. The zero-order valence-electron chi connectivity index (χ0n) is 11.9. The van der Waals surface area contributed by atoms with Gasteiger partial charge < -0.3 is 5.53 Å². The summed E-state index contributed by atoms with van der Waals surface area (Å²) in [5.41, 5.74) is 10.0. The third-order valence-corrected chi connectivity index (χ3v) is 5.37. The summed E-state index contributed by atoms with van der Waals surface area (Å²) in [5.74, 6) is -0.993. The molecule has 0 radical (unpaired) electrons. The smallest absolute Gasteiger partial charge is 0.466 e. The molecule has 0 spiro atoms. The van der Waals surface area contributed by atoms with E-state index in [4.69, 9.17) is 5.26 Å². The number of ketones is 2. The molecule has 128 valence electrons. The van der Waals surface area contributed by atoms with Gasteiger partial charge in [-0.3, -0.25) is 9.59 Å². The van der Waals surface area contributed by atoms with Crippen molar-refractivity contribution in [1.29, 1.82) is 0 Å². The first-order valence-corrected chi connectivity index (χ1v) is 9.10. The number of hydrogen-bond acceptors (Lipinski definition) is 6. The van der Waals surface area contributed by atoms with Gasteiger partial charge in [0.05, 0.1) is 10.0 Å². The summed E-state index contributed by atoms with van der Waals surface area (Å²) < 4.78 is 16.2. The zero-order chi connectivity index (χ0) is 18.3. The number of benzene rings is 2. The van der Waals surface area contributed by atoms with E-state index >= 15 is 0 Å². The van der Waals surface area contributed by atoms with Crippen LogP contribution in [0, 0.1) is 0 Å². The van der Waals surface area contributed by atoms with Gasteiger partial charge in [0.25, 0.3) is 0 Å². The van der Waals surface area contributed by atoms with Gasteiger partial charge in [-0.1, -0.05) is 29.3 Å². The van der Waals surface area contributed by atoms with Crippen LogP contribution in [0.4, 0.5) is 5.69 Å². The van der Waals surface area contributed by atoms with Gasteiger partial charge in [-0.2, -0.15) is 8.31 Å². The maximum Gasteiger partial charge on any atom is 0.466 e. The number of carbonyl (C=O) groups excluding carboxylic acids is 2. The van der Waals surface area contributed by atoms with Crippen LogP contribution in [0.1, 0.15) is 31.8 Å². The maximum atomic E-state index is 12.9. The lowest BCUT2D eigenvalue weighted by Crippen LogP contribution is -2.24. The summed E-state index contributed by atoms with van der Waals surface area (Å²) >= 11 is 3.67. The number of carbonyl (C=O) groups is 2. The highest BCUT2D eigenvalue weighted by Gasteiger charge is 2.38. The molecule has 2 aromatic carbocycles. The summed E-state index contributed by atoms with van der Waals surface area (Å²) in [7, 11) is 0. The Bertz CT molecular complexity index is 978. The first kappa shape index (κ1) is 18.2. The van der Waals surface area contributed by atoms with Crippen LogP contribution in [0.25, 0.3) is 5.53 Å². The number of fused-ring (bicyclic) bond motifs is 2. The predicted molar refractivity (Wildman–Crippen MR) is 91.4 cm³/mol. The average molecular weight is 490 g/mol. The molecule has 0 heterocycles.